The second-order valence-electron chi connectivity index (χ2n) is 7.88. The van der Waals surface area contributed by atoms with Gasteiger partial charge in [0.15, 0.2) is 5.65 Å². The number of carboxylic acid groups (broad SMARTS) is 1. The van der Waals surface area contributed by atoms with E-state index in [1.807, 2.05) is 6.07 Å². The summed E-state index contributed by atoms with van der Waals surface area (Å²) in [4.78, 5) is 47.2. The van der Waals surface area contributed by atoms with Gasteiger partial charge in [0.2, 0.25) is 0 Å². The van der Waals surface area contributed by atoms with Gasteiger partial charge in [-0.3, -0.25) is 9.59 Å². The lowest BCUT2D eigenvalue weighted by atomic mass is 10.1. The van der Waals surface area contributed by atoms with Crippen LogP contribution < -0.4 is 21.4 Å². The number of pyridine rings is 2. The standard InChI is InChI=1S/C26H20F2N4O5/c27-18-8-7-17(20(28)11-18)13-31-25(35)22-23(29)19-10-16(6-9-21(33)34)12-30-24(19)32(26(22)36)37-14-15-4-2-1-3-5-15/h1-12H,13-14,29H2,(H,31,35)(H,33,34)/b9-6+. The van der Waals surface area contributed by atoms with E-state index in [4.69, 9.17) is 15.7 Å². The number of carboxylic acids is 1. The number of carbonyl (C=O) groups is 2. The van der Waals surface area contributed by atoms with Gasteiger partial charge < -0.3 is 21.0 Å². The largest absolute Gasteiger partial charge is 0.478 e. The van der Waals surface area contributed by atoms with E-state index in [-0.39, 0.29) is 35.4 Å². The number of amides is 1. The molecule has 0 atom stereocenters. The van der Waals surface area contributed by atoms with Crippen molar-refractivity contribution in [1.29, 1.82) is 0 Å². The van der Waals surface area contributed by atoms with Crippen LogP contribution in [0.1, 0.15) is 27.0 Å². The van der Waals surface area contributed by atoms with Crippen LogP contribution in [0.25, 0.3) is 17.1 Å². The van der Waals surface area contributed by atoms with E-state index in [9.17, 15) is 23.2 Å². The molecule has 2 aromatic carbocycles. The number of rotatable bonds is 8. The first-order valence-corrected chi connectivity index (χ1v) is 10.9. The van der Waals surface area contributed by atoms with Crippen LogP contribution in [0.2, 0.25) is 0 Å². The number of aromatic nitrogens is 2. The quantitative estimate of drug-likeness (QED) is 0.313. The molecule has 4 aromatic rings. The Kier molecular flexibility index (Phi) is 7.23. The number of benzene rings is 2. The van der Waals surface area contributed by atoms with Gasteiger partial charge in [0.1, 0.15) is 23.8 Å². The van der Waals surface area contributed by atoms with Crippen LogP contribution >= 0.6 is 0 Å². The highest BCUT2D eigenvalue weighted by atomic mass is 19.1. The van der Waals surface area contributed by atoms with Crippen LogP contribution in [-0.2, 0) is 17.9 Å². The Balaban J connectivity index is 1.77. The van der Waals surface area contributed by atoms with Crippen molar-refractivity contribution in [3.63, 3.8) is 0 Å². The van der Waals surface area contributed by atoms with Crippen molar-refractivity contribution in [2.24, 2.45) is 0 Å². The first-order chi connectivity index (χ1) is 17.7. The van der Waals surface area contributed by atoms with E-state index in [0.717, 1.165) is 22.4 Å². The highest BCUT2D eigenvalue weighted by Gasteiger charge is 2.23. The van der Waals surface area contributed by atoms with Gasteiger partial charge in [-0.25, -0.2) is 18.6 Å². The summed E-state index contributed by atoms with van der Waals surface area (Å²) < 4.78 is 28.0. The van der Waals surface area contributed by atoms with E-state index in [1.165, 1.54) is 24.4 Å². The first-order valence-electron chi connectivity index (χ1n) is 10.9. The van der Waals surface area contributed by atoms with Gasteiger partial charge >= 0.3 is 5.97 Å². The van der Waals surface area contributed by atoms with Crippen LogP contribution in [-0.4, -0.2) is 26.7 Å². The second kappa shape index (κ2) is 10.7. The fraction of sp³-hybridized carbons (Fsp3) is 0.0769. The molecule has 2 heterocycles. The number of hydrogen-bond donors (Lipinski definition) is 3. The smallest absolute Gasteiger partial charge is 0.328 e. The van der Waals surface area contributed by atoms with Crippen molar-refractivity contribution in [2.75, 3.05) is 5.73 Å². The molecule has 188 valence electrons. The van der Waals surface area contributed by atoms with Crippen molar-refractivity contribution < 1.29 is 28.3 Å². The highest BCUT2D eigenvalue weighted by molar-refractivity contribution is 6.06. The van der Waals surface area contributed by atoms with Crippen LogP contribution in [0.3, 0.4) is 0 Å². The molecular formula is C26H20F2N4O5. The Hall–Kier alpha value is -5.06. The third kappa shape index (κ3) is 5.61. The van der Waals surface area contributed by atoms with Gasteiger partial charge in [-0.2, -0.15) is 0 Å². The number of nitrogens with one attached hydrogen (secondary N) is 1. The van der Waals surface area contributed by atoms with Gasteiger partial charge in [-0.1, -0.05) is 36.4 Å². The molecule has 0 saturated heterocycles. The summed E-state index contributed by atoms with van der Waals surface area (Å²) in [6.45, 7) is -0.379. The summed E-state index contributed by atoms with van der Waals surface area (Å²) >= 11 is 0. The molecule has 1 amide bonds. The average Bonchev–Trinajstić information content (AvgIpc) is 2.87. The lowest BCUT2D eigenvalue weighted by Gasteiger charge is -2.16. The third-order valence-electron chi connectivity index (χ3n) is 5.34. The molecule has 0 bridgehead atoms. The molecule has 2 aromatic heterocycles. The second-order valence-corrected chi connectivity index (χ2v) is 7.88. The summed E-state index contributed by atoms with van der Waals surface area (Å²) in [6.07, 6.45) is 3.48. The van der Waals surface area contributed by atoms with E-state index in [0.29, 0.717) is 11.6 Å². The average molecular weight is 506 g/mol. The number of aliphatic carboxylic acids is 1. The Morgan fingerprint density at radius 3 is 2.59 bits per heavy atom. The van der Waals surface area contributed by atoms with Gasteiger partial charge in [0.25, 0.3) is 11.5 Å². The zero-order valence-corrected chi connectivity index (χ0v) is 19.2. The fourth-order valence-electron chi connectivity index (χ4n) is 3.52. The SMILES string of the molecule is Nc1c(C(=O)NCc2ccc(F)cc2F)c(=O)n(OCc2ccccc2)c2ncc(/C=C/C(=O)O)cc12. The molecule has 0 aliphatic heterocycles. The molecule has 0 aliphatic rings. The predicted octanol–water partition coefficient (Wildman–Crippen LogP) is 2.91. The molecule has 4 N–H and O–H groups in total. The van der Waals surface area contributed by atoms with Gasteiger partial charge in [-0.15, -0.1) is 4.73 Å². The molecule has 4 rings (SSSR count). The maximum Gasteiger partial charge on any atom is 0.328 e. The minimum atomic E-state index is -1.18. The van der Waals surface area contributed by atoms with Gasteiger partial charge in [0, 0.05) is 35.8 Å². The number of carbonyl (C=O) groups excluding carboxylic acids is 1. The molecule has 0 radical (unpaired) electrons. The van der Waals surface area contributed by atoms with Crippen molar-refractivity contribution in [1.82, 2.24) is 15.0 Å². The lowest BCUT2D eigenvalue weighted by Crippen LogP contribution is -2.37. The van der Waals surface area contributed by atoms with Crippen LogP contribution in [0.15, 0.2) is 71.7 Å². The number of hydrogen-bond acceptors (Lipinski definition) is 6. The van der Waals surface area contributed by atoms with Crippen molar-refractivity contribution in [2.45, 2.75) is 13.2 Å². The van der Waals surface area contributed by atoms with Gasteiger partial charge in [0.05, 0.1) is 5.69 Å². The number of nitrogen functional groups attached to an aromatic ring is 1. The number of anilines is 1. The number of nitrogens with zero attached hydrogens (tertiary/aromatic N) is 2. The Morgan fingerprint density at radius 2 is 1.89 bits per heavy atom. The molecule has 11 heteroatoms. The van der Waals surface area contributed by atoms with Crippen LogP contribution in [0.4, 0.5) is 14.5 Å². The molecule has 37 heavy (non-hydrogen) atoms. The Labute approximate surface area is 208 Å². The zero-order chi connectivity index (χ0) is 26.5. The molecule has 0 aliphatic carbocycles. The summed E-state index contributed by atoms with van der Waals surface area (Å²) in [5.41, 5.74) is 5.67. The first kappa shape index (κ1) is 25.0. The number of fused-ring (bicyclic) bond motifs is 1. The molecule has 0 spiro atoms. The zero-order valence-electron chi connectivity index (χ0n) is 19.2. The minimum Gasteiger partial charge on any atom is -0.478 e. The molecular weight excluding hydrogens is 486 g/mol. The lowest BCUT2D eigenvalue weighted by molar-refractivity contribution is -0.131. The monoisotopic (exact) mass is 506 g/mol. The third-order valence-corrected chi connectivity index (χ3v) is 5.34. The summed E-state index contributed by atoms with van der Waals surface area (Å²) in [7, 11) is 0. The summed E-state index contributed by atoms with van der Waals surface area (Å²) in [5, 5.41) is 11.5. The molecule has 0 unspecified atom stereocenters. The predicted molar refractivity (Wildman–Crippen MR) is 131 cm³/mol. The number of nitrogens with two attached hydrogens (primary N) is 1. The fourth-order valence-corrected chi connectivity index (χ4v) is 3.52. The van der Waals surface area contributed by atoms with E-state index in [1.54, 1.807) is 24.3 Å². The summed E-state index contributed by atoms with van der Waals surface area (Å²) in [5.74, 6) is -3.74. The van der Waals surface area contributed by atoms with Gasteiger partial charge in [-0.05, 0) is 29.3 Å². The topological polar surface area (TPSA) is 137 Å². The van der Waals surface area contributed by atoms with E-state index >= 15 is 0 Å². The normalized spacial score (nSPS) is 11.1. The van der Waals surface area contributed by atoms with Crippen LogP contribution in [0, 0.1) is 11.6 Å². The van der Waals surface area contributed by atoms with Crippen molar-refractivity contribution >= 4 is 34.7 Å². The summed E-state index contributed by atoms with van der Waals surface area (Å²) in [6, 6.07) is 13.3. The van der Waals surface area contributed by atoms with E-state index < -0.39 is 34.6 Å². The maximum atomic E-state index is 14.0. The molecule has 9 nitrogen and oxygen atoms in total. The maximum absolute atomic E-state index is 14.0. The van der Waals surface area contributed by atoms with E-state index in [2.05, 4.69) is 10.3 Å². The van der Waals surface area contributed by atoms with Crippen molar-refractivity contribution in [3.8, 4) is 0 Å². The minimum absolute atomic E-state index is 0.00229. The molecule has 0 fully saturated rings. The molecule has 0 saturated carbocycles. The van der Waals surface area contributed by atoms with Crippen LogP contribution in [0.5, 0.6) is 0 Å². The Bertz CT molecular complexity index is 1590. The highest BCUT2D eigenvalue weighted by Crippen LogP contribution is 2.23. The Morgan fingerprint density at radius 1 is 1.14 bits per heavy atom. The number of halogens is 2. The van der Waals surface area contributed by atoms with Crippen molar-refractivity contribution in [3.05, 3.63) is 111 Å².